The molecule has 0 unspecified atom stereocenters. The van der Waals surface area contributed by atoms with E-state index < -0.39 is 0 Å². The molecule has 1 rings (SSSR count). The molecule has 0 aliphatic rings. The Morgan fingerprint density at radius 1 is 1.80 bits per heavy atom. The van der Waals surface area contributed by atoms with Crippen molar-refractivity contribution in [3.05, 3.63) is 25.9 Å². The normalized spacial score (nSPS) is 8.40. The minimum absolute atomic E-state index is 0.0747. The van der Waals surface area contributed by atoms with E-state index in [1.54, 1.807) is 6.07 Å². The molecule has 1 aromatic rings. The first kappa shape index (κ1) is 7.09. The van der Waals surface area contributed by atoms with Gasteiger partial charge >= 0.3 is 62.3 Å². The maximum absolute atomic E-state index is 10.2. The number of carbonyl (C=O) groups is 1. The Kier molecular flexibility index (Phi) is 2.29. The van der Waals surface area contributed by atoms with Gasteiger partial charge in [-0.25, -0.2) is 0 Å². The Hall–Kier alpha value is -1.02. The van der Waals surface area contributed by atoms with Gasteiger partial charge in [0.05, 0.1) is 0 Å². The fourth-order valence-electron chi connectivity index (χ4n) is 0.533. The van der Waals surface area contributed by atoms with Crippen molar-refractivity contribution < 1.29 is 4.79 Å². The standard InChI is InChI=1S/C5H3N3OSe/c6-8-7-4-1-2-10-5(4)3-9/h1-3H. The Balaban J connectivity index is 3.12. The first-order valence-corrected chi connectivity index (χ1v) is 4.31. The van der Waals surface area contributed by atoms with Crippen molar-refractivity contribution in [3.63, 3.8) is 0 Å². The molecule has 0 aromatic carbocycles. The summed E-state index contributed by atoms with van der Waals surface area (Å²) in [5.41, 5.74) is 8.49. The summed E-state index contributed by atoms with van der Waals surface area (Å²) in [4.78, 5) is 14.7. The molecule has 0 atom stereocenters. The molecule has 0 amide bonds. The number of azide groups is 1. The number of rotatable bonds is 2. The van der Waals surface area contributed by atoms with E-state index in [-0.39, 0.29) is 14.5 Å². The maximum atomic E-state index is 10.2. The average molecular weight is 200 g/mol. The van der Waals surface area contributed by atoms with E-state index in [4.69, 9.17) is 5.53 Å². The zero-order chi connectivity index (χ0) is 7.40. The van der Waals surface area contributed by atoms with E-state index in [1.807, 2.05) is 4.94 Å². The second-order valence-corrected chi connectivity index (χ2v) is 3.47. The SMILES string of the molecule is [N-]=[N+]=Nc1cc[se]c1C=O. The Morgan fingerprint density at radius 3 is 3.20 bits per heavy atom. The summed E-state index contributed by atoms with van der Waals surface area (Å²) in [6, 6.07) is 1.67. The summed E-state index contributed by atoms with van der Waals surface area (Å²) in [7, 11) is 0. The van der Waals surface area contributed by atoms with Crippen molar-refractivity contribution >= 4 is 26.5 Å². The van der Waals surface area contributed by atoms with Gasteiger partial charge in [0, 0.05) is 0 Å². The van der Waals surface area contributed by atoms with E-state index in [9.17, 15) is 4.79 Å². The fourth-order valence-corrected chi connectivity index (χ4v) is 1.85. The van der Waals surface area contributed by atoms with Gasteiger partial charge in [-0.1, -0.05) is 0 Å². The van der Waals surface area contributed by atoms with Crippen molar-refractivity contribution in [2.24, 2.45) is 5.11 Å². The van der Waals surface area contributed by atoms with Gasteiger partial charge in [-0.15, -0.1) is 0 Å². The predicted octanol–water partition coefficient (Wildman–Crippen LogP) is 1.50. The molecular weight excluding hydrogens is 197 g/mol. The number of carbonyl (C=O) groups excluding carboxylic acids is 1. The molecule has 0 saturated heterocycles. The molecule has 0 aliphatic heterocycles. The molecule has 0 radical (unpaired) electrons. The molecular formula is C5H3N3OSe. The minimum atomic E-state index is 0.0747. The van der Waals surface area contributed by atoms with Crippen molar-refractivity contribution in [2.75, 3.05) is 0 Å². The third kappa shape index (κ3) is 1.28. The van der Waals surface area contributed by atoms with E-state index in [0.29, 0.717) is 10.1 Å². The van der Waals surface area contributed by atoms with Crippen LogP contribution in [-0.2, 0) is 0 Å². The molecule has 0 fully saturated rings. The number of aldehydes is 1. The third-order valence-electron chi connectivity index (χ3n) is 0.933. The van der Waals surface area contributed by atoms with Crippen molar-refractivity contribution in [1.29, 1.82) is 0 Å². The average Bonchev–Trinajstić information content (AvgIpc) is 2.36. The van der Waals surface area contributed by atoms with Crippen LogP contribution in [0.25, 0.3) is 10.4 Å². The van der Waals surface area contributed by atoms with Crippen molar-refractivity contribution in [1.82, 2.24) is 0 Å². The van der Waals surface area contributed by atoms with Gasteiger partial charge in [0.2, 0.25) is 0 Å². The van der Waals surface area contributed by atoms with Crippen LogP contribution < -0.4 is 0 Å². The Morgan fingerprint density at radius 2 is 2.60 bits per heavy atom. The first-order valence-electron chi connectivity index (χ1n) is 2.46. The van der Waals surface area contributed by atoms with Crippen LogP contribution >= 0.6 is 0 Å². The molecule has 10 heavy (non-hydrogen) atoms. The zero-order valence-corrected chi connectivity index (χ0v) is 6.60. The monoisotopic (exact) mass is 201 g/mol. The summed E-state index contributed by atoms with van der Waals surface area (Å²) < 4.78 is 0.616. The van der Waals surface area contributed by atoms with Crippen molar-refractivity contribution in [3.8, 4) is 0 Å². The van der Waals surface area contributed by atoms with Gasteiger partial charge in [-0.05, 0) is 0 Å². The molecule has 5 heteroatoms. The predicted molar refractivity (Wildman–Crippen MR) is 37.6 cm³/mol. The summed E-state index contributed by atoms with van der Waals surface area (Å²) in [6.45, 7) is 0. The summed E-state index contributed by atoms with van der Waals surface area (Å²) in [6.07, 6.45) is 0.740. The third-order valence-corrected chi connectivity index (χ3v) is 2.68. The van der Waals surface area contributed by atoms with Gasteiger partial charge in [0.1, 0.15) is 0 Å². The van der Waals surface area contributed by atoms with Crippen LogP contribution in [0.2, 0.25) is 0 Å². The van der Waals surface area contributed by atoms with Crippen LogP contribution in [0.4, 0.5) is 5.69 Å². The van der Waals surface area contributed by atoms with Crippen LogP contribution in [-0.4, -0.2) is 20.8 Å². The van der Waals surface area contributed by atoms with E-state index in [1.165, 1.54) is 0 Å². The molecule has 0 spiro atoms. The van der Waals surface area contributed by atoms with Crippen LogP contribution in [0.3, 0.4) is 0 Å². The van der Waals surface area contributed by atoms with Crippen LogP contribution in [0.1, 0.15) is 9.23 Å². The van der Waals surface area contributed by atoms with Gasteiger partial charge < -0.3 is 0 Å². The van der Waals surface area contributed by atoms with E-state index in [2.05, 4.69) is 10.0 Å². The molecule has 50 valence electrons. The number of hydrogen-bond acceptors (Lipinski definition) is 2. The zero-order valence-electron chi connectivity index (χ0n) is 4.89. The van der Waals surface area contributed by atoms with Crippen LogP contribution in [0.5, 0.6) is 0 Å². The molecule has 1 aromatic heterocycles. The molecule has 1 heterocycles. The Labute approximate surface area is 62.8 Å². The quantitative estimate of drug-likeness (QED) is 0.234. The van der Waals surface area contributed by atoms with Crippen LogP contribution in [0.15, 0.2) is 16.1 Å². The number of nitrogens with zero attached hydrogens (tertiary/aromatic N) is 3. The second kappa shape index (κ2) is 3.22. The molecule has 0 bridgehead atoms. The molecule has 0 aliphatic carbocycles. The van der Waals surface area contributed by atoms with Gasteiger partial charge in [-0.3, -0.25) is 0 Å². The van der Waals surface area contributed by atoms with Gasteiger partial charge in [0.25, 0.3) is 0 Å². The second-order valence-electron chi connectivity index (χ2n) is 1.48. The van der Waals surface area contributed by atoms with E-state index in [0.717, 1.165) is 6.29 Å². The molecule has 4 nitrogen and oxygen atoms in total. The van der Waals surface area contributed by atoms with Gasteiger partial charge in [-0.2, -0.15) is 0 Å². The van der Waals surface area contributed by atoms with Crippen LogP contribution in [0, 0.1) is 0 Å². The summed E-state index contributed by atoms with van der Waals surface area (Å²) >= 11 is 0.0747. The molecule has 0 saturated carbocycles. The van der Waals surface area contributed by atoms with E-state index >= 15 is 0 Å². The summed E-state index contributed by atoms with van der Waals surface area (Å²) in [5, 5.41) is 3.33. The van der Waals surface area contributed by atoms with Gasteiger partial charge in [0.15, 0.2) is 0 Å². The fraction of sp³-hybridized carbons (Fsp3) is 0. The first-order chi connectivity index (χ1) is 4.88. The molecule has 0 N–H and O–H groups in total. The topological polar surface area (TPSA) is 65.8 Å². The Bertz CT molecular complexity index is 287. The van der Waals surface area contributed by atoms with Crippen molar-refractivity contribution in [2.45, 2.75) is 0 Å². The summed E-state index contributed by atoms with van der Waals surface area (Å²) in [5.74, 6) is 0. The number of hydrogen-bond donors (Lipinski definition) is 0.